The van der Waals surface area contributed by atoms with E-state index in [0.717, 1.165) is 0 Å². The molecule has 0 unspecified atom stereocenters. The molecule has 0 aliphatic carbocycles. The Morgan fingerprint density at radius 2 is 1.81 bits per heavy atom. The van der Waals surface area contributed by atoms with E-state index in [1.54, 1.807) is 6.92 Å². The van der Waals surface area contributed by atoms with Crippen molar-refractivity contribution in [2.75, 3.05) is 6.54 Å². The maximum atomic E-state index is 12.7. The van der Waals surface area contributed by atoms with Crippen molar-refractivity contribution in [3.05, 3.63) is 11.8 Å². The zero-order valence-corrected chi connectivity index (χ0v) is 8.11. The van der Waals surface area contributed by atoms with Crippen LogP contribution in [0.1, 0.15) is 18.7 Å². The molecule has 0 atom stereocenters. The van der Waals surface area contributed by atoms with Gasteiger partial charge in [-0.05, 0) is 6.54 Å². The molecule has 16 heavy (non-hydrogen) atoms. The van der Waals surface area contributed by atoms with E-state index in [1.165, 1.54) is 0 Å². The van der Waals surface area contributed by atoms with Crippen LogP contribution in [0, 0.1) is 0 Å². The molecule has 0 aliphatic heterocycles. The number of alkyl halides is 5. The van der Waals surface area contributed by atoms with Gasteiger partial charge in [-0.3, -0.25) is 0 Å². The number of nitrogens with zero attached hydrogens (tertiary/aromatic N) is 2. The molecule has 4 nitrogen and oxygen atoms in total. The second-order valence-electron chi connectivity index (χ2n) is 2.85. The topological polar surface area (TPSA) is 51.0 Å². The van der Waals surface area contributed by atoms with Crippen molar-refractivity contribution in [3.8, 4) is 0 Å². The number of hydrogen-bond donors (Lipinski definition) is 1. The summed E-state index contributed by atoms with van der Waals surface area (Å²) < 4.78 is 65.2. The van der Waals surface area contributed by atoms with Crippen molar-refractivity contribution >= 4 is 0 Å². The molecule has 0 aliphatic rings. The van der Waals surface area contributed by atoms with E-state index in [1.807, 2.05) is 0 Å². The highest BCUT2D eigenvalue weighted by Gasteiger charge is 2.62. The Morgan fingerprint density at radius 3 is 2.31 bits per heavy atom. The van der Waals surface area contributed by atoms with Gasteiger partial charge in [-0.15, -0.1) is 10.2 Å². The third kappa shape index (κ3) is 2.46. The van der Waals surface area contributed by atoms with Gasteiger partial charge in [0, 0.05) is 0 Å². The Morgan fingerprint density at radius 1 is 1.19 bits per heavy atom. The lowest BCUT2D eigenvalue weighted by molar-refractivity contribution is -0.297. The number of aromatic nitrogens is 2. The summed E-state index contributed by atoms with van der Waals surface area (Å²) in [6.07, 6.45) is -5.74. The molecule has 1 aromatic rings. The highest BCUT2D eigenvalue weighted by atomic mass is 19.4. The average molecular weight is 245 g/mol. The van der Waals surface area contributed by atoms with Crippen molar-refractivity contribution in [2.24, 2.45) is 0 Å². The Labute approximate surface area is 86.8 Å². The summed E-state index contributed by atoms with van der Waals surface area (Å²) in [6, 6.07) is 0. The van der Waals surface area contributed by atoms with Crippen LogP contribution in [0.3, 0.4) is 0 Å². The first-order valence-corrected chi connectivity index (χ1v) is 4.27. The maximum absolute atomic E-state index is 12.7. The van der Waals surface area contributed by atoms with E-state index in [-0.39, 0.29) is 12.4 Å². The summed E-state index contributed by atoms with van der Waals surface area (Å²) in [4.78, 5) is 0. The smallest absolute Gasteiger partial charge is 0.418 e. The van der Waals surface area contributed by atoms with Gasteiger partial charge in [0.05, 0.1) is 6.54 Å². The van der Waals surface area contributed by atoms with Gasteiger partial charge < -0.3 is 9.73 Å². The number of rotatable bonds is 4. The van der Waals surface area contributed by atoms with E-state index in [0.29, 0.717) is 6.54 Å². The molecule has 1 N–H and O–H groups in total. The van der Waals surface area contributed by atoms with Crippen LogP contribution in [0.25, 0.3) is 0 Å². The van der Waals surface area contributed by atoms with Crippen molar-refractivity contribution in [1.82, 2.24) is 15.5 Å². The van der Waals surface area contributed by atoms with Crippen LogP contribution in [-0.4, -0.2) is 22.9 Å². The standard InChI is InChI=1S/C7H8F5N3O/c1-2-13-3-4-14-15-5(16-4)6(8,9)7(10,11)12/h13H,2-3H2,1H3. The highest BCUT2D eigenvalue weighted by molar-refractivity contribution is 4.95. The fourth-order valence-corrected chi connectivity index (χ4v) is 0.805. The maximum Gasteiger partial charge on any atom is 0.463 e. The van der Waals surface area contributed by atoms with Crippen molar-refractivity contribution in [2.45, 2.75) is 25.6 Å². The highest BCUT2D eigenvalue weighted by Crippen LogP contribution is 2.42. The van der Waals surface area contributed by atoms with E-state index in [4.69, 9.17) is 0 Å². The SMILES string of the molecule is CCNCc1nnc(C(F)(F)C(F)(F)F)o1. The van der Waals surface area contributed by atoms with Crippen LogP contribution in [0.4, 0.5) is 22.0 Å². The summed E-state index contributed by atoms with van der Waals surface area (Å²) >= 11 is 0. The quantitative estimate of drug-likeness (QED) is 0.822. The van der Waals surface area contributed by atoms with E-state index >= 15 is 0 Å². The summed E-state index contributed by atoms with van der Waals surface area (Å²) in [5.74, 6) is -7.18. The Kier molecular flexibility index (Phi) is 3.46. The molecule has 0 fully saturated rings. The van der Waals surface area contributed by atoms with Crippen LogP contribution < -0.4 is 5.32 Å². The summed E-state index contributed by atoms with van der Waals surface area (Å²) in [5.41, 5.74) is 0. The Bertz CT molecular complexity index is 348. The lowest BCUT2D eigenvalue weighted by Gasteiger charge is -2.14. The van der Waals surface area contributed by atoms with E-state index < -0.39 is 18.0 Å². The minimum atomic E-state index is -5.74. The molecule has 0 saturated carbocycles. The fourth-order valence-electron chi connectivity index (χ4n) is 0.805. The average Bonchev–Trinajstić information content (AvgIpc) is 2.61. The van der Waals surface area contributed by atoms with Crippen molar-refractivity contribution in [3.63, 3.8) is 0 Å². The molecular formula is C7H8F5N3O. The molecule has 0 aromatic carbocycles. The molecule has 0 spiro atoms. The molecule has 0 saturated heterocycles. The number of hydrogen-bond acceptors (Lipinski definition) is 4. The van der Waals surface area contributed by atoms with Crippen molar-refractivity contribution < 1.29 is 26.4 Å². The van der Waals surface area contributed by atoms with Gasteiger partial charge in [-0.25, -0.2) is 0 Å². The molecule has 9 heteroatoms. The third-order valence-corrected chi connectivity index (χ3v) is 1.62. The molecule has 0 amide bonds. The Hall–Kier alpha value is -1.25. The fraction of sp³-hybridized carbons (Fsp3) is 0.714. The van der Waals surface area contributed by atoms with Gasteiger partial charge in [-0.2, -0.15) is 22.0 Å². The summed E-state index contributed by atoms with van der Waals surface area (Å²) in [5, 5.41) is 8.40. The molecule has 92 valence electrons. The van der Waals surface area contributed by atoms with Gasteiger partial charge in [-0.1, -0.05) is 6.92 Å². The first-order chi connectivity index (χ1) is 7.29. The summed E-state index contributed by atoms with van der Waals surface area (Å²) in [7, 11) is 0. The van der Waals surface area contributed by atoms with Crippen LogP contribution in [0.2, 0.25) is 0 Å². The first kappa shape index (κ1) is 12.8. The predicted octanol–water partition coefficient (Wildman–Crippen LogP) is 1.83. The van der Waals surface area contributed by atoms with Crippen LogP contribution in [0.5, 0.6) is 0 Å². The third-order valence-electron chi connectivity index (χ3n) is 1.62. The van der Waals surface area contributed by atoms with Gasteiger partial charge >= 0.3 is 12.1 Å². The van der Waals surface area contributed by atoms with Gasteiger partial charge in [0.1, 0.15) is 0 Å². The first-order valence-electron chi connectivity index (χ1n) is 4.27. The normalized spacial score (nSPS) is 13.1. The van der Waals surface area contributed by atoms with Crippen LogP contribution in [0.15, 0.2) is 4.42 Å². The van der Waals surface area contributed by atoms with Gasteiger partial charge in [0.25, 0.3) is 5.89 Å². The second-order valence-corrected chi connectivity index (χ2v) is 2.85. The number of nitrogens with one attached hydrogen (secondary N) is 1. The second kappa shape index (κ2) is 4.32. The van der Waals surface area contributed by atoms with Gasteiger partial charge in [0.15, 0.2) is 0 Å². The van der Waals surface area contributed by atoms with Crippen molar-refractivity contribution in [1.29, 1.82) is 0 Å². The molecule has 0 bridgehead atoms. The molecule has 1 rings (SSSR count). The van der Waals surface area contributed by atoms with E-state index in [2.05, 4.69) is 19.9 Å². The largest absolute Gasteiger partial charge is 0.463 e. The number of halogens is 5. The van der Waals surface area contributed by atoms with Gasteiger partial charge in [0.2, 0.25) is 5.89 Å². The minimum absolute atomic E-state index is 0.0581. The predicted molar refractivity (Wildman–Crippen MR) is 41.6 cm³/mol. The lowest BCUT2D eigenvalue weighted by Crippen LogP contribution is -2.34. The van der Waals surface area contributed by atoms with E-state index in [9.17, 15) is 22.0 Å². The lowest BCUT2D eigenvalue weighted by atomic mass is 10.3. The van der Waals surface area contributed by atoms with Crippen LogP contribution in [-0.2, 0) is 12.5 Å². The monoisotopic (exact) mass is 245 g/mol. The molecular weight excluding hydrogens is 237 g/mol. The zero-order chi connectivity index (χ0) is 12.4. The molecule has 1 aromatic heterocycles. The molecule has 1 heterocycles. The Balaban J connectivity index is 2.85. The van der Waals surface area contributed by atoms with Crippen LogP contribution >= 0.6 is 0 Å². The minimum Gasteiger partial charge on any atom is -0.418 e. The summed E-state index contributed by atoms with van der Waals surface area (Å²) in [6.45, 7) is 2.16. The molecule has 0 radical (unpaired) electrons. The zero-order valence-electron chi connectivity index (χ0n) is 8.11.